The molecular formula is C16H12ClNO3S. The first-order valence-corrected chi connectivity index (χ1v) is 8.24. The molecule has 1 unspecified atom stereocenters. The molecule has 1 saturated heterocycles. The number of hydrogen-bond donors (Lipinski definition) is 0. The summed E-state index contributed by atoms with van der Waals surface area (Å²) in [6.07, 6.45) is 0. The third-order valence-corrected chi connectivity index (χ3v) is 5.19. The maximum absolute atomic E-state index is 12.3. The average Bonchev–Trinajstić information content (AvgIpc) is 3.13. The van der Waals surface area contributed by atoms with E-state index in [9.17, 15) is 4.79 Å². The van der Waals surface area contributed by atoms with Crippen LogP contribution in [0.25, 0.3) is 0 Å². The van der Waals surface area contributed by atoms with Gasteiger partial charge in [-0.15, -0.1) is 11.8 Å². The van der Waals surface area contributed by atoms with Crippen LogP contribution in [0.4, 0.5) is 5.69 Å². The number of fused-ring (bicyclic) bond motifs is 1. The Kier molecular flexibility index (Phi) is 3.39. The Morgan fingerprint density at radius 1 is 1.14 bits per heavy atom. The summed E-state index contributed by atoms with van der Waals surface area (Å²) < 4.78 is 10.8. The van der Waals surface area contributed by atoms with Crippen molar-refractivity contribution in [2.45, 2.75) is 5.37 Å². The van der Waals surface area contributed by atoms with Crippen molar-refractivity contribution >= 4 is 35.0 Å². The van der Waals surface area contributed by atoms with Crippen molar-refractivity contribution in [3.05, 3.63) is 53.1 Å². The second-order valence-electron chi connectivity index (χ2n) is 4.99. The first kappa shape index (κ1) is 13.8. The van der Waals surface area contributed by atoms with Gasteiger partial charge in [0.2, 0.25) is 12.7 Å². The minimum Gasteiger partial charge on any atom is -0.454 e. The number of hydrogen-bond acceptors (Lipinski definition) is 4. The summed E-state index contributed by atoms with van der Waals surface area (Å²) in [6, 6.07) is 13.2. The van der Waals surface area contributed by atoms with E-state index >= 15 is 0 Å². The molecule has 2 aliphatic rings. The van der Waals surface area contributed by atoms with Gasteiger partial charge in [-0.3, -0.25) is 9.69 Å². The molecule has 2 aromatic rings. The predicted octanol–water partition coefficient (Wildman–Crippen LogP) is 3.85. The molecule has 6 heteroatoms. The SMILES string of the molecule is O=C1CSC(c2ccc3c(c2)OCO3)N1c1ccccc1Cl. The summed E-state index contributed by atoms with van der Waals surface area (Å²) in [6.45, 7) is 0.240. The van der Waals surface area contributed by atoms with Crippen LogP contribution in [0.1, 0.15) is 10.9 Å². The van der Waals surface area contributed by atoms with Gasteiger partial charge >= 0.3 is 0 Å². The Morgan fingerprint density at radius 2 is 1.95 bits per heavy atom. The van der Waals surface area contributed by atoms with Crippen LogP contribution in [0.15, 0.2) is 42.5 Å². The third kappa shape index (κ3) is 2.21. The molecular weight excluding hydrogens is 322 g/mol. The van der Waals surface area contributed by atoms with Crippen molar-refractivity contribution in [3.8, 4) is 11.5 Å². The van der Waals surface area contributed by atoms with Gasteiger partial charge in [0.05, 0.1) is 16.5 Å². The van der Waals surface area contributed by atoms with Crippen LogP contribution in [0.2, 0.25) is 5.02 Å². The standard InChI is InChI=1S/C16H12ClNO3S/c17-11-3-1-2-4-12(11)18-15(19)8-22-16(18)10-5-6-13-14(7-10)21-9-20-13/h1-7,16H,8-9H2. The molecule has 0 saturated carbocycles. The number of benzene rings is 2. The molecule has 112 valence electrons. The summed E-state index contributed by atoms with van der Waals surface area (Å²) in [5, 5.41) is 0.464. The summed E-state index contributed by atoms with van der Waals surface area (Å²) in [5.41, 5.74) is 1.74. The smallest absolute Gasteiger partial charge is 0.238 e. The molecule has 4 nitrogen and oxygen atoms in total. The number of carbonyl (C=O) groups is 1. The number of nitrogens with zero attached hydrogens (tertiary/aromatic N) is 1. The minimum atomic E-state index is -0.109. The molecule has 0 aliphatic carbocycles. The van der Waals surface area contributed by atoms with Crippen molar-refractivity contribution in [1.82, 2.24) is 0 Å². The molecule has 22 heavy (non-hydrogen) atoms. The second kappa shape index (κ2) is 5.41. The van der Waals surface area contributed by atoms with E-state index in [4.69, 9.17) is 21.1 Å². The minimum absolute atomic E-state index is 0.0563. The molecule has 0 bridgehead atoms. The second-order valence-corrected chi connectivity index (χ2v) is 6.47. The summed E-state index contributed by atoms with van der Waals surface area (Å²) in [4.78, 5) is 14.1. The van der Waals surface area contributed by atoms with Gasteiger partial charge in [0.1, 0.15) is 5.37 Å². The van der Waals surface area contributed by atoms with Crippen molar-refractivity contribution < 1.29 is 14.3 Å². The highest BCUT2D eigenvalue weighted by Crippen LogP contribution is 2.46. The predicted molar refractivity (Wildman–Crippen MR) is 86.7 cm³/mol. The van der Waals surface area contributed by atoms with E-state index in [0.717, 1.165) is 22.7 Å². The Hall–Kier alpha value is -1.85. The van der Waals surface area contributed by atoms with Crippen LogP contribution in [-0.2, 0) is 4.79 Å². The van der Waals surface area contributed by atoms with E-state index in [1.165, 1.54) is 0 Å². The van der Waals surface area contributed by atoms with Gasteiger partial charge in [-0.25, -0.2) is 0 Å². The number of amides is 1. The quantitative estimate of drug-likeness (QED) is 0.837. The van der Waals surface area contributed by atoms with Crippen LogP contribution in [-0.4, -0.2) is 18.5 Å². The maximum Gasteiger partial charge on any atom is 0.238 e. The number of ether oxygens (including phenoxy) is 2. The fraction of sp³-hybridized carbons (Fsp3) is 0.188. The Bertz CT molecular complexity index is 752. The zero-order valence-corrected chi connectivity index (χ0v) is 13.1. The van der Waals surface area contributed by atoms with Crippen LogP contribution < -0.4 is 14.4 Å². The highest BCUT2D eigenvalue weighted by atomic mass is 35.5. The van der Waals surface area contributed by atoms with Gasteiger partial charge < -0.3 is 9.47 Å². The highest BCUT2D eigenvalue weighted by Gasteiger charge is 2.35. The normalized spacial score (nSPS) is 19.8. The lowest BCUT2D eigenvalue weighted by Gasteiger charge is -2.25. The summed E-state index contributed by atoms with van der Waals surface area (Å²) in [5.74, 6) is 1.95. The molecule has 1 fully saturated rings. The number of carbonyl (C=O) groups excluding carboxylic acids is 1. The number of halogens is 1. The lowest BCUT2D eigenvalue weighted by atomic mass is 10.1. The summed E-state index contributed by atoms with van der Waals surface area (Å²) in [7, 11) is 0. The lowest BCUT2D eigenvalue weighted by Crippen LogP contribution is -2.28. The topological polar surface area (TPSA) is 38.8 Å². The van der Waals surface area contributed by atoms with Crippen molar-refractivity contribution in [1.29, 1.82) is 0 Å². The Balaban J connectivity index is 1.74. The Labute approximate surface area is 137 Å². The van der Waals surface area contributed by atoms with E-state index in [1.807, 2.05) is 36.4 Å². The first-order valence-electron chi connectivity index (χ1n) is 6.82. The molecule has 0 spiro atoms. The zero-order chi connectivity index (χ0) is 15.1. The zero-order valence-electron chi connectivity index (χ0n) is 11.5. The maximum atomic E-state index is 12.3. The number of para-hydroxylation sites is 1. The molecule has 4 rings (SSSR count). The summed E-state index contributed by atoms with van der Waals surface area (Å²) >= 11 is 7.85. The van der Waals surface area contributed by atoms with E-state index < -0.39 is 0 Å². The molecule has 2 aromatic carbocycles. The highest BCUT2D eigenvalue weighted by molar-refractivity contribution is 8.00. The number of rotatable bonds is 2. The van der Waals surface area contributed by atoms with Gasteiger partial charge in [-0.05, 0) is 29.8 Å². The molecule has 2 aliphatic heterocycles. The van der Waals surface area contributed by atoms with Gasteiger partial charge in [-0.2, -0.15) is 0 Å². The van der Waals surface area contributed by atoms with E-state index in [2.05, 4.69) is 0 Å². The van der Waals surface area contributed by atoms with E-state index in [-0.39, 0.29) is 18.1 Å². The van der Waals surface area contributed by atoms with Gasteiger partial charge in [-0.1, -0.05) is 29.8 Å². The van der Waals surface area contributed by atoms with Crippen LogP contribution in [0.3, 0.4) is 0 Å². The van der Waals surface area contributed by atoms with Crippen LogP contribution >= 0.6 is 23.4 Å². The molecule has 0 radical (unpaired) electrons. The molecule has 1 atom stereocenters. The van der Waals surface area contributed by atoms with Crippen molar-refractivity contribution in [3.63, 3.8) is 0 Å². The van der Waals surface area contributed by atoms with Crippen LogP contribution in [0.5, 0.6) is 11.5 Å². The van der Waals surface area contributed by atoms with E-state index in [1.54, 1.807) is 22.7 Å². The third-order valence-electron chi connectivity index (χ3n) is 3.66. The molecule has 2 heterocycles. The van der Waals surface area contributed by atoms with Crippen molar-refractivity contribution in [2.24, 2.45) is 0 Å². The lowest BCUT2D eigenvalue weighted by molar-refractivity contribution is -0.115. The number of anilines is 1. The first-order chi connectivity index (χ1) is 10.7. The largest absolute Gasteiger partial charge is 0.454 e. The van der Waals surface area contributed by atoms with Gasteiger partial charge in [0, 0.05) is 0 Å². The van der Waals surface area contributed by atoms with Crippen LogP contribution in [0, 0.1) is 0 Å². The van der Waals surface area contributed by atoms with E-state index in [0.29, 0.717) is 10.8 Å². The molecule has 1 amide bonds. The Morgan fingerprint density at radius 3 is 2.82 bits per heavy atom. The van der Waals surface area contributed by atoms with Gasteiger partial charge in [0.25, 0.3) is 0 Å². The molecule has 0 aromatic heterocycles. The van der Waals surface area contributed by atoms with Gasteiger partial charge in [0.15, 0.2) is 11.5 Å². The fourth-order valence-corrected chi connectivity index (χ4v) is 4.03. The average molecular weight is 334 g/mol. The van der Waals surface area contributed by atoms with Crippen molar-refractivity contribution in [2.75, 3.05) is 17.4 Å². The fourth-order valence-electron chi connectivity index (χ4n) is 2.64. The monoisotopic (exact) mass is 333 g/mol. The molecule has 0 N–H and O–H groups in total. The number of thioether (sulfide) groups is 1.